The van der Waals surface area contributed by atoms with Crippen LogP contribution in [0, 0.1) is 51.8 Å². The van der Waals surface area contributed by atoms with E-state index in [0.29, 0.717) is 34.2 Å². The Morgan fingerprint density at radius 2 is 1.86 bits per heavy atom. The molecule has 11 atom stereocenters. The third kappa shape index (κ3) is 2.23. The van der Waals surface area contributed by atoms with E-state index in [-0.39, 0.29) is 6.10 Å². The molecule has 0 amide bonds. The van der Waals surface area contributed by atoms with E-state index in [1.807, 2.05) is 26.2 Å². The average molecular weight is 387 g/mol. The van der Waals surface area contributed by atoms with Crippen LogP contribution in [0.4, 0.5) is 0 Å². The molecule has 0 saturated heterocycles. The highest BCUT2D eigenvalue weighted by Crippen LogP contribution is 2.82. The smallest absolute Gasteiger partial charge is 0.0749 e. The van der Waals surface area contributed by atoms with Gasteiger partial charge in [-0.2, -0.15) is 0 Å². The molecular formula is C26H42O2. The second-order valence-electron chi connectivity index (χ2n) is 11.8. The fourth-order valence-electron chi connectivity index (χ4n) is 10.1. The molecule has 5 aliphatic rings. The van der Waals surface area contributed by atoms with Crippen molar-refractivity contribution in [2.45, 2.75) is 91.3 Å². The Morgan fingerprint density at radius 3 is 2.54 bits per heavy atom. The SMILES string of the molecule is C/C=C\[C@@H](O)[C@@H](C)[C@H]1CC[C@H]2[C@@H]3C[C@@H](OC)[C@]45C[C@H]4CC[C@]5(C)[C@H]3CC[C@]12C. The van der Waals surface area contributed by atoms with Gasteiger partial charge >= 0.3 is 0 Å². The minimum atomic E-state index is -0.288. The third-order valence-corrected chi connectivity index (χ3v) is 11.5. The number of hydrogen-bond acceptors (Lipinski definition) is 2. The molecule has 1 spiro atoms. The van der Waals surface area contributed by atoms with Crippen molar-refractivity contribution in [2.75, 3.05) is 7.11 Å². The van der Waals surface area contributed by atoms with Crippen molar-refractivity contribution in [1.82, 2.24) is 0 Å². The Morgan fingerprint density at radius 1 is 1.07 bits per heavy atom. The number of fused-ring (bicyclic) bond motifs is 4. The van der Waals surface area contributed by atoms with Crippen LogP contribution in [0.25, 0.3) is 0 Å². The van der Waals surface area contributed by atoms with E-state index in [9.17, 15) is 5.11 Å². The van der Waals surface area contributed by atoms with Gasteiger partial charge in [-0.25, -0.2) is 0 Å². The molecule has 2 nitrogen and oxygen atoms in total. The van der Waals surface area contributed by atoms with Crippen LogP contribution < -0.4 is 0 Å². The average Bonchev–Trinajstić information content (AvgIpc) is 3.18. The summed E-state index contributed by atoms with van der Waals surface area (Å²) in [5.41, 5.74) is 1.46. The van der Waals surface area contributed by atoms with Crippen molar-refractivity contribution in [2.24, 2.45) is 51.8 Å². The second kappa shape index (κ2) is 6.33. The topological polar surface area (TPSA) is 29.5 Å². The molecule has 0 bridgehead atoms. The van der Waals surface area contributed by atoms with Gasteiger partial charge < -0.3 is 9.84 Å². The Hall–Kier alpha value is -0.340. The van der Waals surface area contributed by atoms with Crippen LogP contribution in [0.3, 0.4) is 0 Å². The van der Waals surface area contributed by atoms with E-state index < -0.39 is 0 Å². The first-order chi connectivity index (χ1) is 13.3. The lowest BCUT2D eigenvalue weighted by Gasteiger charge is -2.61. The molecule has 0 aliphatic heterocycles. The number of ether oxygens (including phenoxy) is 1. The first-order valence-corrected chi connectivity index (χ1v) is 12.2. The number of hydrogen-bond donors (Lipinski definition) is 1. The minimum Gasteiger partial charge on any atom is -0.389 e. The molecule has 5 fully saturated rings. The maximum absolute atomic E-state index is 10.7. The Labute approximate surface area is 172 Å². The maximum atomic E-state index is 10.7. The van der Waals surface area contributed by atoms with Crippen LogP contribution in [-0.4, -0.2) is 24.4 Å². The van der Waals surface area contributed by atoms with Gasteiger partial charge in [-0.05, 0) is 105 Å². The summed E-state index contributed by atoms with van der Waals surface area (Å²) in [4.78, 5) is 0. The van der Waals surface area contributed by atoms with Crippen molar-refractivity contribution in [3.8, 4) is 0 Å². The summed E-state index contributed by atoms with van der Waals surface area (Å²) in [7, 11) is 1.99. The molecule has 0 aromatic rings. The van der Waals surface area contributed by atoms with Crippen molar-refractivity contribution in [3.63, 3.8) is 0 Å². The second-order valence-corrected chi connectivity index (χ2v) is 11.8. The van der Waals surface area contributed by atoms with Crippen LogP contribution in [0.2, 0.25) is 0 Å². The summed E-state index contributed by atoms with van der Waals surface area (Å²) in [5, 5.41) is 10.7. The van der Waals surface area contributed by atoms with Crippen LogP contribution in [0.15, 0.2) is 12.2 Å². The molecular weight excluding hydrogens is 344 g/mol. The molecule has 0 aromatic heterocycles. The standard InChI is InChI=1S/C26H42O2/c1-6-7-22(27)16(2)19-8-9-20-18-14-23(28-5)26-15-17(26)10-13-25(26,4)21(18)11-12-24(19,20)3/h6-7,16-23,27H,8-15H2,1-5H3/b7-6-/t16-,17+,18-,19+,20-,21-,22+,23+,24+,25+,26-/m0/s1. The quantitative estimate of drug-likeness (QED) is 0.615. The van der Waals surface area contributed by atoms with Gasteiger partial charge in [0.25, 0.3) is 0 Å². The van der Waals surface area contributed by atoms with Gasteiger partial charge in [0.15, 0.2) is 0 Å². The van der Waals surface area contributed by atoms with Crippen molar-refractivity contribution in [1.29, 1.82) is 0 Å². The zero-order valence-corrected chi connectivity index (χ0v) is 18.8. The molecule has 5 rings (SSSR count). The zero-order valence-electron chi connectivity index (χ0n) is 18.8. The van der Waals surface area contributed by atoms with Gasteiger partial charge in [-0.3, -0.25) is 0 Å². The first-order valence-electron chi connectivity index (χ1n) is 12.2. The summed E-state index contributed by atoms with van der Waals surface area (Å²) in [6, 6.07) is 0. The summed E-state index contributed by atoms with van der Waals surface area (Å²) in [5.74, 6) is 4.58. The molecule has 5 aliphatic carbocycles. The van der Waals surface area contributed by atoms with Crippen LogP contribution in [0.1, 0.15) is 79.1 Å². The van der Waals surface area contributed by atoms with Crippen LogP contribution >= 0.6 is 0 Å². The lowest BCUT2D eigenvalue weighted by atomic mass is 9.45. The van der Waals surface area contributed by atoms with Gasteiger partial charge in [-0.15, -0.1) is 0 Å². The lowest BCUT2D eigenvalue weighted by Crippen LogP contribution is -2.57. The third-order valence-electron chi connectivity index (χ3n) is 11.5. The molecule has 28 heavy (non-hydrogen) atoms. The van der Waals surface area contributed by atoms with Crippen molar-refractivity contribution >= 4 is 0 Å². The number of rotatable bonds is 4. The molecule has 0 aromatic carbocycles. The van der Waals surface area contributed by atoms with Crippen molar-refractivity contribution < 1.29 is 9.84 Å². The fraction of sp³-hybridized carbons (Fsp3) is 0.923. The van der Waals surface area contributed by atoms with Crippen LogP contribution in [0.5, 0.6) is 0 Å². The van der Waals surface area contributed by atoms with Crippen molar-refractivity contribution in [3.05, 3.63) is 12.2 Å². The Kier molecular flexibility index (Phi) is 4.43. The number of aliphatic hydroxyl groups excluding tert-OH is 1. The van der Waals surface area contributed by atoms with Gasteiger partial charge in [0.1, 0.15) is 0 Å². The Balaban J connectivity index is 1.44. The van der Waals surface area contributed by atoms with E-state index in [1.54, 1.807) is 0 Å². The number of aliphatic hydroxyl groups is 1. The number of methoxy groups -OCH3 is 1. The van der Waals surface area contributed by atoms with Gasteiger partial charge in [0.05, 0.1) is 12.2 Å². The summed E-state index contributed by atoms with van der Waals surface area (Å²) in [6.07, 6.45) is 15.4. The molecule has 1 N–H and O–H groups in total. The monoisotopic (exact) mass is 386 g/mol. The molecule has 0 radical (unpaired) electrons. The molecule has 2 heteroatoms. The predicted octanol–water partition coefficient (Wildman–Crippen LogP) is 5.84. The zero-order chi connectivity index (χ0) is 19.9. The lowest BCUT2D eigenvalue weighted by molar-refractivity contribution is -0.162. The minimum absolute atomic E-state index is 0.288. The van der Waals surface area contributed by atoms with E-state index in [4.69, 9.17) is 4.74 Å². The molecule has 0 unspecified atom stereocenters. The summed E-state index contributed by atoms with van der Waals surface area (Å²) >= 11 is 0. The fourth-order valence-corrected chi connectivity index (χ4v) is 10.1. The maximum Gasteiger partial charge on any atom is 0.0749 e. The van der Waals surface area contributed by atoms with Crippen LogP contribution in [-0.2, 0) is 4.74 Å². The van der Waals surface area contributed by atoms with E-state index in [0.717, 1.165) is 23.7 Å². The summed E-state index contributed by atoms with van der Waals surface area (Å²) < 4.78 is 6.24. The van der Waals surface area contributed by atoms with E-state index in [1.165, 1.54) is 51.4 Å². The van der Waals surface area contributed by atoms with E-state index >= 15 is 0 Å². The van der Waals surface area contributed by atoms with Gasteiger partial charge in [0, 0.05) is 12.5 Å². The summed E-state index contributed by atoms with van der Waals surface area (Å²) in [6.45, 7) is 9.58. The highest BCUT2D eigenvalue weighted by atomic mass is 16.5. The van der Waals surface area contributed by atoms with Gasteiger partial charge in [-0.1, -0.05) is 32.9 Å². The predicted molar refractivity (Wildman–Crippen MR) is 114 cm³/mol. The highest BCUT2D eigenvalue weighted by Gasteiger charge is 2.77. The molecule has 158 valence electrons. The largest absolute Gasteiger partial charge is 0.389 e. The normalized spacial score (nSPS) is 56.6. The Bertz CT molecular complexity index is 657. The first kappa shape index (κ1) is 19.6. The number of allylic oxidation sites excluding steroid dienone is 1. The molecule has 0 heterocycles. The van der Waals surface area contributed by atoms with Gasteiger partial charge in [0.2, 0.25) is 0 Å². The highest BCUT2D eigenvalue weighted by molar-refractivity contribution is 5.26. The molecule has 5 saturated carbocycles. The van der Waals surface area contributed by atoms with E-state index in [2.05, 4.69) is 20.8 Å².